The van der Waals surface area contributed by atoms with Crippen molar-refractivity contribution in [3.63, 3.8) is 0 Å². The Bertz CT molecular complexity index is 528. The van der Waals surface area contributed by atoms with Crippen molar-refractivity contribution in [1.82, 2.24) is 0 Å². The van der Waals surface area contributed by atoms with Crippen molar-refractivity contribution < 1.29 is 18.7 Å². The summed E-state index contributed by atoms with van der Waals surface area (Å²) in [5.41, 5.74) is 2.22. The molecule has 24 heavy (non-hydrogen) atoms. The number of rotatable bonds is 6. The van der Waals surface area contributed by atoms with Crippen LogP contribution in [-0.2, 0) is 18.7 Å². The molecular formula is C19H34O4Si. The summed E-state index contributed by atoms with van der Waals surface area (Å²) in [5, 5.41) is 0.151. The molecule has 0 N–H and O–H groups in total. The van der Waals surface area contributed by atoms with Crippen LogP contribution >= 0.6 is 0 Å². The maximum atomic E-state index is 12.6. The highest BCUT2D eigenvalue weighted by Crippen LogP contribution is 2.52. The Morgan fingerprint density at radius 3 is 2.42 bits per heavy atom. The molecule has 0 bridgehead atoms. The summed E-state index contributed by atoms with van der Waals surface area (Å²) in [5.74, 6) is 0.441. The number of carbonyl (C=O) groups excluding carboxylic acids is 1. The van der Waals surface area contributed by atoms with Crippen LogP contribution < -0.4 is 0 Å². The van der Waals surface area contributed by atoms with E-state index >= 15 is 0 Å². The maximum absolute atomic E-state index is 12.6. The SMILES string of the molecule is COCO[C@@H]1[C@H]2CC(=O)C(CO[Si](C)(C)C(C)(C)C)=C2CC1(C)C. The molecule has 0 aromatic rings. The first-order valence-electron chi connectivity index (χ1n) is 8.90. The molecule has 0 amide bonds. The summed E-state index contributed by atoms with van der Waals surface area (Å²) in [6.07, 6.45) is 1.51. The standard InChI is InChI=1S/C19H34O4Si/c1-18(2,3)24(7,8)23-11-15-14-10-19(4,5)17(22-12-21-6)13(14)9-16(15)20/h13,17H,9-12H2,1-8H3/t13-,17+/m0/s1. The molecule has 0 aromatic heterocycles. The molecule has 0 spiro atoms. The normalized spacial score (nSPS) is 27.1. The minimum atomic E-state index is -1.86. The molecular weight excluding hydrogens is 320 g/mol. The van der Waals surface area contributed by atoms with Crippen molar-refractivity contribution >= 4 is 14.1 Å². The summed E-state index contributed by atoms with van der Waals surface area (Å²) in [7, 11) is -0.221. The molecule has 0 radical (unpaired) electrons. The van der Waals surface area contributed by atoms with Gasteiger partial charge in [-0.05, 0) is 30.0 Å². The third kappa shape index (κ3) is 3.69. The summed E-state index contributed by atoms with van der Waals surface area (Å²) < 4.78 is 17.4. The zero-order chi connectivity index (χ0) is 18.3. The fraction of sp³-hybridized carbons (Fsp3) is 0.842. The van der Waals surface area contributed by atoms with E-state index in [-0.39, 0.29) is 35.1 Å². The van der Waals surface area contributed by atoms with Crippen LogP contribution in [0.5, 0.6) is 0 Å². The van der Waals surface area contributed by atoms with Gasteiger partial charge in [-0.3, -0.25) is 4.79 Å². The van der Waals surface area contributed by atoms with Crippen LogP contribution in [0.4, 0.5) is 0 Å². The van der Waals surface area contributed by atoms with Crippen LogP contribution in [0.25, 0.3) is 0 Å². The van der Waals surface area contributed by atoms with Gasteiger partial charge in [-0.1, -0.05) is 40.2 Å². The highest BCUT2D eigenvalue weighted by Gasteiger charge is 2.51. The van der Waals surface area contributed by atoms with Gasteiger partial charge in [-0.25, -0.2) is 0 Å². The fourth-order valence-corrected chi connectivity index (χ4v) is 4.58. The molecule has 2 atom stereocenters. The Kier molecular flexibility index (Phi) is 5.51. The molecule has 2 aliphatic rings. The Balaban J connectivity index is 2.19. The van der Waals surface area contributed by atoms with Gasteiger partial charge in [0, 0.05) is 25.0 Å². The molecule has 0 saturated heterocycles. The summed E-state index contributed by atoms with van der Waals surface area (Å²) in [6.45, 7) is 16.3. The van der Waals surface area contributed by atoms with Crippen LogP contribution in [0.1, 0.15) is 47.5 Å². The smallest absolute Gasteiger partial charge is 0.192 e. The van der Waals surface area contributed by atoms with Gasteiger partial charge >= 0.3 is 0 Å². The molecule has 0 heterocycles. The predicted molar refractivity (Wildman–Crippen MR) is 98.4 cm³/mol. The lowest BCUT2D eigenvalue weighted by Gasteiger charge is -2.36. The van der Waals surface area contributed by atoms with Crippen molar-refractivity contribution in [3.05, 3.63) is 11.1 Å². The van der Waals surface area contributed by atoms with Gasteiger partial charge in [0.2, 0.25) is 0 Å². The Hall–Kier alpha value is -0.493. The molecule has 4 nitrogen and oxygen atoms in total. The van der Waals surface area contributed by atoms with E-state index in [1.807, 2.05) is 0 Å². The van der Waals surface area contributed by atoms with E-state index < -0.39 is 8.32 Å². The van der Waals surface area contributed by atoms with Crippen molar-refractivity contribution in [2.45, 2.75) is 71.7 Å². The molecule has 5 heteroatoms. The molecule has 2 rings (SSSR count). The lowest BCUT2D eigenvalue weighted by atomic mass is 9.85. The van der Waals surface area contributed by atoms with E-state index in [0.717, 1.165) is 12.0 Å². The minimum Gasteiger partial charge on any atom is -0.412 e. The minimum absolute atomic E-state index is 0.0292. The topological polar surface area (TPSA) is 44.8 Å². The number of hydrogen-bond donors (Lipinski definition) is 0. The first kappa shape index (κ1) is 19.8. The van der Waals surface area contributed by atoms with Gasteiger partial charge in [0.15, 0.2) is 14.1 Å². The summed E-state index contributed by atoms with van der Waals surface area (Å²) in [6, 6.07) is 0. The second kappa shape index (κ2) is 6.67. The molecule has 2 aliphatic carbocycles. The first-order valence-corrected chi connectivity index (χ1v) is 11.8. The Labute approximate surface area is 148 Å². The quantitative estimate of drug-likeness (QED) is 0.526. The van der Waals surface area contributed by atoms with Crippen molar-refractivity contribution in [2.24, 2.45) is 11.3 Å². The van der Waals surface area contributed by atoms with Gasteiger partial charge < -0.3 is 13.9 Å². The monoisotopic (exact) mass is 354 g/mol. The van der Waals surface area contributed by atoms with E-state index in [1.54, 1.807) is 7.11 Å². The molecule has 0 aromatic carbocycles. The average Bonchev–Trinajstić information content (AvgIpc) is 2.83. The van der Waals surface area contributed by atoms with Gasteiger partial charge in [0.1, 0.15) is 6.79 Å². The number of carbonyl (C=O) groups is 1. The third-order valence-corrected chi connectivity index (χ3v) is 10.6. The van der Waals surface area contributed by atoms with E-state index in [1.165, 1.54) is 5.57 Å². The number of hydrogen-bond acceptors (Lipinski definition) is 4. The lowest BCUT2D eigenvalue weighted by molar-refractivity contribution is -0.124. The Morgan fingerprint density at radius 1 is 1.25 bits per heavy atom. The fourth-order valence-electron chi connectivity index (χ4n) is 3.64. The summed E-state index contributed by atoms with van der Waals surface area (Å²) in [4.78, 5) is 12.6. The number of Topliss-reactive ketones (excluding diaryl/α,β-unsaturated/α-hetero) is 1. The van der Waals surface area contributed by atoms with Crippen molar-refractivity contribution in [2.75, 3.05) is 20.5 Å². The van der Waals surface area contributed by atoms with E-state index in [9.17, 15) is 4.79 Å². The van der Waals surface area contributed by atoms with E-state index in [2.05, 4.69) is 47.7 Å². The highest BCUT2D eigenvalue weighted by atomic mass is 28.4. The second-order valence-electron chi connectivity index (χ2n) is 9.45. The van der Waals surface area contributed by atoms with E-state index in [4.69, 9.17) is 13.9 Å². The first-order chi connectivity index (χ1) is 10.9. The van der Waals surface area contributed by atoms with Crippen molar-refractivity contribution in [3.8, 4) is 0 Å². The third-order valence-electron chi connectivity index (χ3n) is 6.11. The highest BCUT2D eigenvalue weighted by molar-refractivity contribution is 6.74. The maximum Gasteiger partial charge on any atom is 0.192 e. The van der Waals surface area contributed by atoms with Gasteiger partial charge in [-0.2, -0.15) is 0 Å². The second-order valence-corrected chi connectivity index (χ2v) is 14.3. The van der Waals surface area contributed by atoms with Gasteiger partial charge in [-0.15, -0.1) is 0 Å². The molecule has 0 aliphatic heterocycles. The molecule has 1 saturated carbocycles. The molecule has 1 fully saturated rings. The summed E-state index contributed by atoms with van der Waals surface area (Å²) >= 11 is 0. The number of ether oxygens (including phenoxy) is 2. The number of methoxy groups -OCH3 is 1. The lowest BCUT2D eigenvalue weighted by Crippen LogP contribution is -2.41. The average molecular weight is 355 g/mol. The Morgan fingerprint density at radius 2 is 1.88 bits per heavy atom. The van der Waals surface area contributed by atoms with Gasteiger partial charge in [0.25, 0.3) is 0 Å². The predicted octanol–water partition coefficient (Wildman–Crippen LogP) is 4.31. The number of ketones is 1. The van der Waals surface area contributed by atoms with Gasteiger partial charge in [0.05, 0.1) is 12.7 Å². The molecule has 0 unspecified atom stereocenters. The van der Waals surface area contributed by atoms with Crippen LogP contribution in [0.3, 0.4) is 0 Å². The van der Waals surface area contributed by atoms with Crippen LogP contribution in [0.15, 0.2) is 11.1 Å². The van der Waals surface area contributed by atoms with E-state index in [0.29, 0.717) is 13.0 Å². The largest absolute Gasteiger partial charge is 0.412 e. The van der Waals surface area contributed by atoms with Crippen LogP contribution in [0, 0.1) is 11.3 Å². The molecule has 138 valence electrons. The van der Waals surface area contributed by atoms with Crippen molar-refractivity contribution in [1.29, 1.82) is 0 Å². The van der Waals surface area contributed by atoms with Crippen LogP contribution in [0.2, 0.25) is 18.1 Å². The van der Waals surface area contributed by atoms with Crippen LogP contribution in [-0.4, -0.2) is 40.7 Å². The number of fused-ring (bicyclic) bond motifs is 1. The zero-order valence-electron chi connectivity index (χ0n) is 16.6. The zero-order valence-corrected chi connectivity index (χ0v) is 17.6.